The number of nitrogens with zero attached hydrogens (tertiary/aromatic N) is 2. The fourth-order valence-corrected chi connectivity index (χ4v) is 2.14. The lowest BCUT2D eigenvalue weighted by atomic mass is 10.2. The number of carbonyl (C=O) groups is 2. The van der Waals surface area contributed by atoms with Crippen LogP contribution >= 0.6 is 0 Å². The maximum atomic E-state index is 13.9. The van der Waals surface area contributed by atoms with E-state index in [2.05, 4.69) is 15.6 Å². The maximum Gasteiger partial charge on any atom is 0.321 e. The molecule has 7 heteroatoms. The van der Waals surface area contributed by atoms with E-state index in [0.29, 0.717) is 18.7 Å². The average molecular weight is 358 g/mol. The summed E-state index contributed by atoms with van der Waals surface area (Å²) in [6.45, 7) is 3.96. The highest BCUT2D eigenvalue weighted by atomic mass is 19.1. The number of rotatable bonds is 6. The maximum absolute atomic E-state index is 13.9. The van der Waals surface area contributed by atoms with E-state index in [1.165, 1.54) is 23.1 Å². The molecule has 0 aliphatic rings. The van der Waals surface area contributed by atoms with Crippen LogP contribution in [0.5, 0.6) is 0 Å². The third-order valence-corrected chi connectivity index (χ3v) is 3.83. The van der Waals surface area contributed by atoms with Gasteiger partial charge in [0.05, 0.1) is 5.69 Å². The fourth-order valence-electron chi connectivity index (χ4n) is 2.14. The molecule has 0 atom stereocenters. The highest BCUT2D eigenvalue weighted by molar-refractivity contribution is 5.94. The minimum absolute atomic E-state index is 0.0425. The summed E-state index contributed by atoms with van der Waals surface area (Å²) in [6.07, 6.45) is 4.12. The molecule has 2 aromatic rings. The van der Waals surface area contributed by atoms with Gasteiger partial charge in [-0.1, -0.05) is 13.8 Å². The zero-order valence-electron chi connectivity index (χ0n) is 15.1. The molecule has 0 spiro atoms. The quantitative estimate of drug-likeness (QED) is 0.830. The lowest BCUT2D eigenvalue weighted by Crippen LogP contribution is -2.33. The molecule has 0 saturated carbocycles. The largest absolute Gasteiger partial charge is 0.327 e. The Morgan fingerprint density at radius 1 is 1.15 bits per heavy atom. The molecule has 0 aliphatic carbocycles. The third-order valence-electron chi connectivity index (χ3n) is 3.83. The summed E-state index contributed by atoms with van der Waals surface area (Å²) in [6, 6.07) is 7.55. The molecule has 6 nitrogen and oxygen atoms in total. The molecule has 26 heavy (non-hydrogen) atoms. The summed E-state index contributed by atoms with van der Waals surface area (Å²) in [4.78, 5) is 29.5. The summed E-state index contributed by atoms with van der Waals surface area (Å²) in [7, 11) is 1.68. The van der Waals surface area contributed by atoms with Crippen molar-refractivity contribution in [2.45, 2.75) is 20.3 Å². The van der Waals surface area contributed by atoms with Crippen LogP contribution in [-0.2, 0) is 11.2 Å². The minimum atomic E-state index is -0.553. The van der Waals surface area contributed by atoms with Crippen molar-refractivity contribution in [1.29, 1.82) is 0 Å². The molecule has 0 bridgehead atoms. The van der Waals surface area contributed by atoms with E-state index < -0.39 is 5.82 Å². The molecule has 1 aromatic heterocycles. The number of aromatic nitrogens is 1. The van der Waals surface area contributed by atoms with Crippen molar-refractivity contribution in [1.82, 2.24) is 9.88 Å². The first-order valence-electron chi connectivity index (χ1n) is 8.38. The van der Waals surface area contributed by atoms with E-state index in [-0.39, 0.29) is 23.5 Å². The van der Waals surface area contributed by atoms with Crippen LogP contribution in [0.1, 0.15) is 19.4 Å². The number of benzene rings is 1. The predicted molar refractivity (Wildman–Crippen MR) is 99.5 cm³/mol. The Labute approximate surface area is 152 Å². The van der Waals surface area contributed by atoms with Gasteiger partial charge in [-0.25, -0.2) is 9.18 Å². The lowest BCUT2D eigenvalue weighted by Gasteiger charge is -2.18. The number of pyridine rings is 1. The predicted octanol–water partition coefficient (Wildman–Crippen LogP) is 3.52. The van der Waals surface area contributed by atoms with Crippen LogP contribution in [0.3, 0.4) is 0 Å². The van der Waals surface area contributed by atoms with Crippen LogP contribution in [0.4, 0.5) is 20.6 Å². The Bertz CT molecular complexity index is 765. The van der Waals surface area contributed by atoms with Gasteiger partial charge in [0.1, 0.15) is 5.82 Å². The van der Waals surface area contributed by atoms with Crippen LogP contribution in [0.25, 0.3) is 0 Å². The lowest BCUT2D eigenvalue weighted by molar-refractivity contribution is -0.118. The third kappa shape index (κ3) is 5.54. The number of hydrogen-bond acceptors (Lipinski definition) is 3. The van der Waals surface area contributed by atoms with Crippen molar-refractivity contribution in [3.8, 4) is 0 Å². The molecule has 2 rings (SSSR count). The number of hydrogen-bond donors (Lipinski definition) is 2. The number of nitrogens with one attached hydrogen (secondary N) is 2. The summed E-state index contributed by atoms with van der Waals surface area (Å²) >= 11 is 0. The normalized spacial score (nSPS) is 10.5. The minimum Gasteiger partial charge on any atom is -0.327 e. The Morgan fingerprint density at radius 2 is 1.85 bits per heavy atom. The highest BCUT2D eigenvalue weighted by Crippen LogP contribution is 2.20. The van der Waals surface area contributed by atoms with E-state index >= 15 is 0 Å². The number of halogens is 1. The van der Waals surface area contributed by atoms with Crippen LogP contribution in [-0.4, -0.2) is 35.4 Å². The molecular weight excluding hydrogens is 335 g/mol. The first kappa shape index (κ1) is 19.4. The Balaban J connectivity index is 1.96. The first-order chi connectivity index (χ1) is 12.4. The van der Waals surface area contributed by atoms with Gasteiger partial charge >= 0.3 is 6.03 Å². The number of urea groups is 1. The van der Waals surface area contributed by atoms with Crippen molar-refractivity contribution < 1.29 is 14.0 Å². The van der Waals surface area contributed by atoms with Crippen LogP contribution in [0.15, 0.2) is 42.7 Å². The Morgan fingerprint density at radius 3 is 2.50 bits per heavy atom. The molecule has 0 radical (unpaired) electrons. The molecule has 0 saturated heterocycles. The Hall–Kier alpha value is -2.96. The van der Waals surface area contributed by atoms with E-state index in [1.54, 1.807) is 33.3 Å². The first-order valence-corrected chi connectivity index (χ1v) is 8.38. The van der Waals surface area contributed by atoms with Crippen LogP contribution in [0.2, 0.25) is 0 Å². The molecule has 1 aromatic carbocycles. The summed E-state index contributed by atoms with van der Waals surface area (Å²) in [5, 5.41) is 5.22. The summed E-state index contributed by atoms with van der Waals surface area (Å²) in [5.74, 6) is -1.11. The molecule has 1 heterocycles. The zero-order chi connectivity index (χ0) is 19.1. The molecule has 0 unspecified atom stereocenters. The number of amides is 3. The second-order valence-electron chi connectivity index (χ2n) is 6.30. The van der Waals surface area contributed by atoms with Gasteiger partial charge in [-0.2, -0.15) is 0 Å². The average Bonchev–Trinajstić information content (AvgIpc) is 2.63. The van der Waals surface area contributed by atoms with E-state index in [1.807, 2.05) is 12.1 Å². The molecule has 2 N–H and O–H groups in total. The highest BCUT2D eigenvalue weighted by Gasteiger charge is 2.13. The smallest absolute Gasteiger partial charge is 0.321 e. The molecule has 0 fully saturated rings. The second-order valence-corrected chi connectivity index (χ2v) is 6.30. The van der Waals surface area contributed by atoms with Gasteiger partial charge in [-0.05, 0) is 42.3 Å². The standard InChI is InChI=1S/C19H23FN4O2/c1-13(2)18(25)23-17-12-15(4-5-16(17)20)22-19(26)24(3)11-8-14-6-9-21-10-7-14/h4-7,9-10,12-13H,8,11H2,1-3H3,(H,22,26)(H,23,25). The van der Waals surface area contributed by atoms with Crippen molar-refractivity contribution in [2.24, 2.45) is 5.92 Å². The van der Waals surface area contributed by atoms with E-state index in [4.69, 9.17) is 0 Å². The second kappa shape index (κ2) is 8.94. The van der Waals surface area contributed by atoms with Gasteiger partial charge in [-0.3, -0.25) is 9.78 Å². The van der Waals surface area contributed by atoms with Crippen molar-refractivity contribution in [3.05, 3.63) is 54.1 Å². The topological polar surface area (TPSA) is 74.3 Å². The number of carbonyl (C=O) groups excluding carboxylic acids is 2. The van der Waals surface area contributed by atoms with Crippen molar-refractivity contribution >= 4 is 23.3 Å². The number of likely N-dealkylation sites (N-methyl/N-ethyl adjacent to an activating group) is 1. The van der Waals surface area contributed by atoms with Gasteiger partial charge in [0.2, 0.25) is 5.91 Å². The molecule has 3 amide bonds. The SMILES string of the molecule is CC(C)C(=O)Nc1cc(NC(=O)N(C)CCc2ccncc2)ccc1F. The van der Waals surface area contributed by atoms with Crippen LogP contribution in [0, 0.1) is 11.7 Å². The van der Waals surface area contributed by atoms with Crippen molar-refractivity contribution in [2.75, 3.05) is 24.2 Å². The van der Waals surface area contributed by atoms with Gasteiger partial charge in [0.15, 0.2) is 0 Å². The zero-order valence-corrected chi connectivity index (χ0v) is 15.1. The van der Waals surface area contributed by atoms with Gasteiger partial charge < -0.3 is 15.5 Å². The number of anilines is 2. The monoisotopic (exact) mass is 358 g/mol. The Kier molecular flexibility index (Phi) is 6.66. The molecular formula is C19H23FN4O2. The van der Waals surface area contributed by atoms with Gasteiger partial charge in [-0.15, -0.1) is 0 Å². The van der Waals surface area contributed by atoms with Crippen LogP contribution < -0.4 is 10.6 Å². The molecule has 138 valence electrons. The molecule has 0 aliphatic heterocycles. The van der Waals surface area contributed by atoms with Gasteiger partial charge in [0, 0.05) is 37.6 Å². The fraction of sp³-hybridized carbons (Fsp3) is 0.316. The summed E-state index contributed by atoms with van der Waals surface area (Å²) in [5.41, 5.74) is 1.53. The van der Waals surface area contributed by atoms with Crippen molar-refractivity contribution in [3.63, 3.8) is 0 Å². The summed E-state index contributed by atoms with van der Waals surface area (Å²) < 4.78 is 13.9. The van der Waals surface area contributed by atoms with E-state index in [9.17, 15) is 14.0 Å². The van der Waals surface area contributed by atoms with Gasteiger partial charge in [0.25, 0.3) is 0 Å². The van der Waals surface area contributed by atoms with E-state index in [0.717, 1.165) is 5.56 Å².